The number of nitriles is 1. The molecular weight excluding hydrogens is 318 g/mol. The minimum absolute atomic E-state index is 0.0195. The molecule has 1 saturated heterocycles. The van der Waals surface area contributed by atoms with Gasteiger partial charge in [0.15, 0.2) is 0 Å². The van der Waals surface area contributed by atoms with E-state index in [0.717, 1.165) is 18.4 Å². The molecule has 1 fully saturated rings. The van der Waals surface area contributed by atoms with E-state index < -0.39 is 5.91 Å². The molecule has 6 heteroatoms. The molecule has 1 amide bonds. The van der Waals surface area contributed by atoms with Crippen molar-refractivity contribution in [3.63, 3.8) is 0 Å². The Labute approximate surface area is 148 Å². The third-order valence-electron chi connectivity index (χ3n) is 4.03. The number of ether oxygens (including phenoxy) is 1. The number of hydrogen-bond acceptors (Lipinski definition) is 5. The summed E-state index contributed by atoms with van der Waals surface area (Å²) in [6.07, 6.45) is 3.12. The maximum Gasteiger partial charge on any atom is 0.310 e. The lowest BCUT2D eigenvalue weighted by Crippen LogP contribution is -2.37. The SMILES string of the molecule is CCOC(=O)C1CCCN(/C=C(/C#N)C(=O)Nc2cccc(C)c2)C1. The molecular formula is C19H23N3O3. The first kappa shape index (κ1) is 18.5. The number of esters is 1. The van der Waals surface area contributed by atoms with Crippen LogP contribution in [0.3, 0.4) is 0 Å². The summed E-state index contributed by atoms with van der Waals surface area (Å²) in [6, 6.07) is 9.33. The normalized spacial score (nSPS) is 17.6. The van der Waals surface area contributed by atoms with Crippen molar-refractivity contribution in [3.8, 4) is 6.07 Å². The zero-order valence-electron chi connectivity index (χ0n) is 14.6. The fraction of sp³-hybridized carbons (Fsp3) is 0.421. The highest BCUT2D eigenvalue weighted by Gasteiger charge is 2.26. The van der Waals surface area contributed by atoms with Crippen LogP contribution in [0, 0.1) is 24.2 Å². The Balaban J connectivity index is 2.04. The van der Waals surface area contributed by atoms with Crippen molar-refractivity contribution in [3.05, 3.63) is 41.6 Å². The predicted octanol–water partition coefficient (Wildman–Crippen LogP) is 2.62. The average molecular weight is 341 g/mol. The number of amides is 1. The zero-order chi connectivity index (χ0) is 18.2. The minimum atomic E-state index is -0.452. The van der Waals surface area contributed by atoms with E-state index >= 15 is 0 Å². The van der Waals surface area contributed by atoms with Crippen LogP contribution in [-0.2, 0) is 14.3 Å². The van der Waals surface area contributed by atoms with Crippen molar-refractivity contribution in [1.82, 2.24) is 4.90 Å². The van der Waals surface area contributed by atoms with Gasteiger partial charge in [-0.3, -0.25) is 9.59 Å². The topological polar surface area (TPSA) is 82.4 Å². The smallest absolute Gasteiger partial charge is 0.310 e. The van der Waals surface area contributed by atoms with Crippen molar-refractivity contribution >= 4 is 17.6 Å². The van der Waals surface area contributed by atoms with E-state index in [2.05, 4.69) is 5.32 Å². The molecule has 0 saturated carbocycles. The number of anilines is 1. The second kappa shape index (κ2) is 8.88. The quantitative estimate of drug-likeness (QED) is 0.506. The van der Waals surface area contributed by atoms with Gasteiger partial charge in [-0.05, 0) is 44.4 Å². The molecule has 1 N–H and O–H groups in total. The van der Waals surface area contributed by atoms with Crippen LogP contribution < -0.4 is 5.32 Å². The maximum atomic E-state index is 12.3. The molecule has 1 aromatic carbocycles. The van der Waals surface area contributed by atoms with Crippen LogP contribution in [-0.4, -0.2) is 36.5 Å². The van der Waals surface area contributed by atoms with Crippen molar-refractivity contribution in [2.75, 3.05) is 25.0 Å². The molecule has 1 aliphatic rings. The highest BCUT2D eigenvalue weighted by atomic mass is 16.5. The van der Waals surface area contributed by atoms with Crippen molar-refractivity contribution in [2.24, 2.45) is 5.92 Å². The number of hydrogen-bond donors (Lipinski definition) is 1. The number of likely N-dealkylation sites (tertiary alicyclic amines) is 1. The van der Waals surface area contributed by atoms with Gasteiger partial charge in [0.1, 0.15) is 11.6 Å². The summed E-state index contributed by atoms with van der Waals surface area (Å²) in [5, 5.41) is 12.1. The number of benzene rings is 1. The number of nitrogens with zero attached hydrogens (tertiary/aromatic N) is 2. The van der Waals surface area contributed by atoms with Gasteiger partial charge in [0.05, 0.1) is 12.5 Å². The molecule has 1 aliphatic heterocycles. The van der Waals surface area contributed by atoms with Crippen LogP contribution in [0.25, 0.3) is 0 Å². The summed E-state index contributed by atoms with van der Waals surface area (Å²) >= 11 is 0. The average Bonchev–Trinajstić information content (AvgIpc) is 2.60. The van der Waals surface area contributed by atoms with Gasteiger partial charge in [-0.1, -0.05) is 12.1 Å². The third-order valence-corrected chi connectivity index (χ3v) is 4.03. The summed E-state index contributed by atoms with van der Waals surface area (Å²) in [5.74, 6) is -0.889. The largest absolute Gasteiger partial charge is 0.466 e. The van der Waals surface area contributed by atoms with Crippen LogP contribution in [0.1, 0.15) is 25.3 Å². The molecule has 25 heavy (non-hydrogen) atoms. The molecule has 1 heterocycles. The molecule has 0 bridgehead atoms. The van der Waals surface area contributed by atoms with Crippen molar-refractivity contribution < 1.29 is 14.3 Å². The number of nitrogens with one attached hydrogen (secondary N) is 1. The first-order valence-electron chi connectivity index (χ1n) is 8.44. The van der Waals surface area contributed by atoms with Gasteiger partial charge in [-0.25, -0.2) is 0 Å². The Morgan fingerprint density at radius 3 is 2.96 bits per heavy atom. The predicted molar refractivity (Wildman–Crippen MR) is 94.4 cm³/mol. The number of piperidine rings is 1. The summed E-state index contributed by atoms with van der Waals surface area (Å²) in [5.41, 5.74) is 1.69. The summed E-state index contributed by atoms with van der Waals surface area (Å²) in [7, 11) is 0. The number of carbonyl (C=O) groups is 2. The summed E-state index contributed by atoms with van der Waals surface area (Å²) in [4.78, 5) is 26.1. The third kappa shape index (κ3) is 5.35. The Hall–Kier alpha value is -2.81. The highest BCUT2D eigenvalue weighted by Crippen LogP contribution is 2.19. The van der Waals surface area contributed by atoms with E-state index in [-0.39, 0.29) is 17.5 Å². The lowest BCUT2D eigenvalue weighted by molar-refractivity contribution is -0.149. The van der Waals surface area contributed by atoms with Gasteiger partial charge in [-0.2, -0.15) is 5.26 Å². The van der Waals surface area contributed by atoms with E-state index in [1.807, 2.05) is 36.1 Å². The molecule has 0 aliphatic carbocycles. The Bertz CT molecular complexity index is 706. The van der Waals surface area contributed by atoms with Gasteiger partial charge < -0.3 is 15.0 Å². The van der Waals surface area contributed by atoms with E-state index in [1.54, 1.807) is 13.0 Å². The Morgan fingerprint density at radius 1 is 1.48 bits per heavy atom. The molecule has 132 valence electrons. The van der Waals surface area contributed by atoms with Crippen molar-refractivity contribution in [2.45, 2.75) is 26.7 Å². The van der Waals surface area contributed by atoms with Gasteiger partial charge in [0.2, 0.25) is 0 Å². The minimum Gasteiger partial charge on any atom is -0.466 e. The first-order valence-corrected chi connectivity index (χ1v) is 8.44. The number of rotatable bonds is 5. The molecule has 1 aromatic rings. The van der Waals surface area contributed by atoms with Crippen LogP contribution in [0.5, 0.6) is 0 Å². The molecule has 1 unspecified atom stereocenters. The van der Waals surface area contributed by atoms with E-state index in [4.69, 9.17) is 4.74 Å². The highest BCUT2D eigenvalue weighted by molar-refractivity contribution is 6.06. The molecule has 2 rings (SSSR count). The van der Waals surface area contributed by atoms with Gasteiger partial charge >= 0.3 is 5.97 Å². The fourth-order valence-electron chi connectivity index (χ4n) is 2.82. The molecule has 6 nitrogen and oxygen atoms in total. The Kier molecular flexibility index (Phi) is 6.58. The summed E-state index contributed by atoms with van der Waals surface area (Å²) in [6.45, 7) is 5.23. The van der Waals surface area contributed by atoms with Gasteiger partial charge in [-0.15, -0.1) is 0 Å². The zero-order valence-corrected chi connectivity index (χ0v) is 14.6. The standard InChI is InChI=1S/C19H23N3O3/c1-3-25-19(24)15-7-5-9-22(12-15)13-16(11-20)18(23)21-17-8-4-6-14(2)10-17/h4,6,8,10,13,15H,3,5,7,9,12H2,1-2H3,(H,21,23)/b16-13-. The lowest BCUT2D eigenvalue weighted by atomic mass is 9.98. The maximum absolute atomic E-state index is 12.3. The second-order valence-corrected chi connectivity index (χ2v) is 6.06. The molecule has 0 radical (unpaired) electrons. The van der Waals surface area contributed by atoms with Crippen molar-refractivity contribution in [1.29, 1.82) is 5.26 Å². The van der Waals surface area contributed by atoms with Crippen LogP contribution >= 0.6 is 0 Å². The molecule has 1 atom stereocenters. The lowest BCUT2D eigenvalue weighted by Gasteiger charge is -2.30. The summed E-state index contributed by atoms with van der Waals surface area (Å²) < 4.78 is 5.07. The second-order valence-electron chi connectivity index (χ2n) is 6.06. The Morgan fingerprint density at radius 2 is 2.28 bits per heavy atom. The van der Waals surface area contributed by atoms with Gasteiger partial charge in [0.25, 0.3) is 5.91 Å². The molecule has 0 spiro atoms. The van der Waals surface area contributed by atoms with Crippen LogP contribution in [0.15, 0.2) is 36.0 Å². The van der Waals surface area contributed by atoms with Gasteiger partial charge in [0, 0.05) is 25.0 Å². The monoisotopic (exact) mass is 341 g/mol. The molecule has 0 aromatic heterocycles. The van der Waals surface area contributed by atoms with E-state index in [1.165, 1.54) is 6.20 Å². The first-order chi connectivity index (χ1) is 12.0. The van der Waals surface area contributed by atoms with E-state index in [9.17, 15) is 14.9 Å². The fourth-order valence-corrected chi connectivity index (χ4v) is 2.82. The van der Waals surface area contributed by atoms with E-state index in [0.29, 0.717) is 25.4 Å². The van der Waals surface area contributed by atoms with Crippen LogP contribution in [0.2, 0.25) is 0 Å². The number of carbonyl (C=O) groups excluding carboxylic acids is 2. The van der Waals surface area contributed by atoms with Crippen LogP contribution in [0.4, 0.5) is 5.69 Å². The number of aryl methyl sites for hydroxylation is 1.